The maximum atomic E-state index is 10.6. The molecule has 1 aliphatic rings. The normalized spacial score (nSPS) is 16.7. The lowest BCUT2D eigenvalue weighted by Gasteiger charge is -2.37. The first-order valence-electron chi connectivity index (χ1n) is 8.93. The fourth-order valence-corrected chi connectivity index (χ4v) is 3.52. The second-order valence-electron chi connectivity index (χ2n) is 6.86. The molecule has 4 nitrogen and oxygen atoms in total. The van der Waals surface area contributed by atoms with Gasteiger partial charge in [0.05, 0.1) is 13.2 Å². The highest BCUT2D eigenvalue weighted by molar-refractivity contribution is 5.49. The smallest absolute Gasteiger partial charge is 0.119 e. The number of anilines is 1. The molecule has 0 spiro atoms. The molecule has 1 atom stereocenters. The van der Waals surface area contributed by atoms with Crippen LogP contribution >= 0.6 is 0 Å². The number of aryl methyl sites for hydroxylation is 2. The number of β-amino-alcohol motifs (C(OH)–C–C–N with tert-alkyl or cyclic N) is 1. The molecule has 0 aliphatic carbocycles. The Balaban J connectivity index is 1.55. The van der Waals surface area contributed by atoms with E-state index in [9.17, 15) is 5.11 Å². The lowest BCUT2D eigenvalue weighted by molar-refractivity contribution is 0.109. The predicted octanol–water partition coefficient (Wildman–Crippen LogP) is 3.17. The Morgan fingerprint density at radius 3 is 2.28 bits per heavy atom. The molecule has 134 valence electrons. The number of rotatable bonds is 5. The maximum Gasteiger partial charge on any atom is 0.119 e. The van der Waals surface area contributed by atoms with Crippen molar-refractivity contribution in [1.82, 2.24) is 4.90 Å². The van der Waals surface area contributed by atoms with E-state index in [1.54, 1.807) is 7.11 Å². The van der Waals surface area contributed by atoms with Crippen molar-refractivity contribution in [2.24, 2.45) is 0 Å². The van der Waals surface area contributed by atoms with E-state index in [-0.39, 0.29) is 0 Å². The molecule has 0 amide bonds. The number of methoxy groups -OCH3 is 1. The van der Waals surface area contributed by atoms with E-state index in [1.807, 2.05) is 12.1 Å². The van der Waals surface area contributed by atoms with Gasteiger partial charge >= 0.3 is 0 Å². The molecule has 3 rings (SSSR count). The molecule has 0 bridgehead atoms. The van der Waals surface area contributed by atoms with Gasteiger partial charge in [-0.1, -0.05) is 23.8 Å². The van der Waals surface area contributed by atoms with Gasteiger partial charge in [-0.05, 0) is 49.2 Å². The first-order valence-corrected chi connectivity index (χ1v) is 8.93. The van der Waals surface area contributed by atoms with Crippen molar-refractivity contribution in [3.63, 3.8) is 0 Å². The minimum atomic E-state index is -0.423. The lowest BCUT2D eigenvalue weighted by Crippen LogP contribution is -2.47. The zero-order chi connectivity index (χ0) is 17.8. The van der Waals surface area contributed by atoms with E-state index in [0.717, 1.165) is 37.5 Å². The summed E-state index contributed by atoms with van der Waals surface area (Å²) in [4.78, 5) is 4.74. The van der Waals surface area contributed by atoms with E-state index in [1.165, 1.54) is 16.8 Å². The number of piperazine rings is 1. The van der Waals surface area contributed by atoms with Crippen LogP contribution in [0.25, 0.3) is 0 Å². The summed E-state index contributed by atoms with van der Waals surface area (Å²) in [5.74, 6) is 0.888. The quantitative estimate of drug-likeness (QED) is 0.907. The number of aliphatic hydroxyl groups excluding tert-OH is 1. The molecule has 0 saturated carbocycles. The van der Waals surface area contributed by atoms with Crippen molar-refractivity contribution in [3.05, 3.63) is 59.2 Å². The number of hydrogen-bond acceptors (Lipinski definition) is 4. The van der Waals surface area contributed by atoms with Gasteiger partial charge in [0.15, 0.2) is 0 Å². The highest BCUT2D eigenvalue weighted by atomic mass is 16.5. The van der Waals surface area contributed by atoms with Crippen LogP contribution in [-0.4, -0.2) is 49.8 Å². The number of aliphatic hydroxyl groups is 1. The Morgan fingerprint density at radius 2 is 1.68 bits per heavy atom. The molecule has 1 aliphatic heterocycles. The van der Waals surface area contributed by atoms with Crippen molar-refractivity contribution in [3.8, 4) is 5.75 Å². The summed E-state index contributed by atoms with van der Waals surface area (Å²) in [5, 5.41) is 10.6. The Hall–Kier alpha value is -2.04. The van der Waals surface area contributed by atoms with Gasteiger partial charge in [-0.15, -0.1) is 0 Å². The zero-order valence-corrected chi connectivity index (χ0v) is 15.4. The lowest BCUT2D eigenvalue weighted by atomic mass is 10.0. The molecular weight excluding hydrogens is 312 g/mol. The Labute approximate surface area is 150 Å². The number of hydrogen-bond donors (Lipinski definition) is 1. The molecular formula is C21H28N2O2. The van der Waals surface area contributed by atoms with Crippen molar-refractivity contribution >= 4 is 5.69 Å². The van der Waals surface area contributed by atoms with Crippen LogP contribution in [-0.2, 0) is 0 Å². The molecule has 1 fully saturated rings. The first-order chi connectivity index (χ1) is 12.1. The molecule has 1 N–H and O–H groups in total. The van der Waals surface area contributed by atoms with Crippen LogP contribution in [0, 0.1) is 13.8 Å². The van der Waals surface area contributed by atoms with Crippen LogP contribution in [0.1, 0.15) is 22.8 Å². The van der Waals surface area contributed by atoms with E-state index in [2.05, 4.69) is 54.0 Å². The van der Waals surface area contributed by atoms with Crippen LogP contribution in [0.3, 0.4) is 0 Å². The third-order valence-electron chi connectivity index (χ3n) is 5.03. The molecule has 0 unspecified atom stereocenters. The summed E-state index contributed by atoms with van der Waals surface area (Å²) in [7, 11) is 1.69. The topological polar surface area (TPSA) is 35.9 Å². The fourth-order valence-electron chi connectivity index (χ4n) is 3.52. The molecule has 4 heteroatoms. The molecule has 0 aromatic heterocycles. The largest absolute Gasteiger partial charge is 0.497 e. The summed E-state index contributed by atoms with van der Waals surface area (Å²) in [6.07, 6.45) is -0.423. The average Bonchev–Trinajstić information content (AvgIpc) is 2.62. The van der Waals surface area contributed by atoms with Gasteiger partial charge in [-0.25, -0.2) is 0 Å². The van der Waals surface area contributed by atoms with Gasteiger partial charge < -0.3 is 14.7 Å². The molecule has 1 heterocycles. The monoisotopic (exact) mass is 340 g/mol. The Kier molecular flexibility index (Phi) is 5.61. The van der Waals surface area contributed by atoms with E-state index >= 15 is 0 Å². The Bertz CT molecular complexity index is 692. The minimum Gasteiger partial charge on any atom is -0.497 e. The van der Waals surface area contributed by atoms with E-state index in [4.69, 9.17) is 4.74 Å². The molecule has 0 radical (unpaired) electrons. The van der Waals surface area contributed by atoms with E-state index in [0.29, 0.717) is 6.54 Å². The summed E-state index contributed by atoms with van der Waals surface area (Å²) in [6.45, 7) is 8.74. The summed E-state index contributed by atoms with van der Waals surface area (Å²) >= 11 is 0. The molecule has 25 heavy (non-hydrogen) atoms. The van der Waals surface area contributed by atoms with Gasteiger partial charge in [0.25, 0.3) is 0 Å². The number of nitrogens with zero attached hydrogens (tertiary/aromatic N) is 2. The van der Waals surface area contributed by atoms with Crippen molar-refractivity contribution in [2.45, 2.75) is 20.0 Å². The third-order valence-corrected chi connectivity index (χ3v) is 5.03. The van der Waals surface area contributed by atoms with Crippen LogP contribution in [0.5, 0.6) is 5.75 Å². The maximum absolute atomic E-state index is 10.6. The Morgan fingerprint density at radius 1 is 1.00 bits per heavy atom. The van der Waals surface area contributed by atoms with Crippen molar-refractivity contribution in [2.75, 3.05) is 44.7 Å². The second kappa shape index (κ2) is 7.89. The zero-order valence-electron chi connectivity index (χ0n) is 15.4. The van der Waals surface area contributed by atoms with Crippen LogP contribution in [0.15, 0.2) is 42.5 Å². The third kappa shape index (κ3) is 4.33. The number of ether oxygens (including phenoxy) is 1. The van der Waals surface area contributed by atoms with Gasteiger partial charge in [0, 0.05) is 38.4 Å². The fraction of sp³-hybridized carbons (Fsp3) is 0.429. The van der Waals surface area contributed by atoms with Crippen molar-refractivity contribution < 1.29 is 9.84 Å². The summed E-state index contributed by atoms with van der Waals surface area (Å²) < 4.78 is 5.22. The SMILES string of the molecule is COc1ccc(N2CCN(C[C@H](O)c3ccc(C)cc3C)CC2)cc1. The minimum absolute atomic E-state index is 0.423. The van der Waals surface area contributed by atoms with Gasteiger partial charge in [-0.2, -0.15) is 0 Å². The summed E-state index contributed by atoms with van der Waals surface area (Å²) in [5.41, 5.74) is 4.68. The average molecular weight is 340 g/mol. The first kappa shape index (κ1) is 17.8. The predicted molar refractivity (Wildman–Crippen MR) is 103 cm³/mol. The molecule has 2 aromatic rings. The van der Waals surface area contributed by atoms with Crippen molar-refractivity contribution in [1.29, 1.82) is 0 Å². The second-order valence-corrected chi connectivity index (χ2v) is 6.86. The summed E-state index contributed by atoms with van der Waals surface area (Å²) in [6, 6.07) is 14.5. The standard InChI is InChI=1S/C21H28N2O2/c1-16-4-9-20(17(2)14-16)21(24)15-22-10-12-23(13-11-22)18-5-7-19(25-3)8-6-18/h4-9,14,21,24H,10-13,15H2,1-3H3/t21-/m0/s1. The van der Waals surface area contributed by atoms with Gasteiger partial charge in [0.1, 0.15) is 5.75 Å². The van der Waals surface area contributed by atoms with Crippen LogP contribution in [0.4, 0.5) is 5.69 Å². The van der Waals surface area contributed by atoms with Gasteiger partial charge in [-0.3, -0.25) is 4.90 Å². The highest BCUT2D eigenvalue weighted by Crippen LogP contribution is 2.23. The molecule has 1 saturated heterocycles. The van der Waals surface area contributed by atoms with Crippen LogP contribution < -0.4 is 9.64 Å². The molecule has 2 aromatic carbocycles. The number of benzene rings is 2. The highest BCUT2D eigenvalue weighted by Gasteiger charge is 2.21. The van der Waals surface area contributed by atoms with Crippen LogP contribution in [0.2, 0.25) is 0 Å². The van der Waals surface area contributed by atoms with Gasteiger partial charge in [0.2, 0.25) is 0 Å². The van der Waals surface area contributed by atoms with E-state index < -0.39 is 6.10 Å².